The van der Waals surface area contributed by atoms with E-state index in [0.29, 0.717) is 24.9 Å². The van der Waals surface area contributed by atoms with Gasteiger partial charge in [0.15, 0.2) is 11.5 Å². The van der Waals surface area contributed by atoms with E-state index >= 15 is 0 Å². The largest absolute Gasteiger partial charge is 0.486 e. The Kier molecular flexibility index (Phi) is 3.65. The summed E-state index contributed by atoms with van der Waals surface area (Å²) in [6, 6.07) is 2.48. The third-order valence-electron chi connectivity index (χ3n) is 2.73. The highest BCUT2D eigenvalue weighted by Gasteiger charge is 2.37. The molecule has 2 N–H and O–H groups in total. The number of hydrogen-bond acceptors (Lipinski definition) is 3. The summed E-state index contributed by atoms with van der Waals surface area (Å²) >= 11 is 0. The van der Waals surface area contributed by atoms with Crippen LogP contribution in [0.5, 0.6) is 11.5 Å². The predicted octanol–water partition coefficient (Wildman–Crippen LogP) is 2.37. The van der Waals surface area contributed by atoms with Crippen LogP contribution in [-0.4, -0.2) is 19.8 Å². The van der Waals surface area contributed by atoms with Crippen molar-refractivity contribution in [3.63, 3.8) is 0 Å². The maximum atomic E-state index is 12.8. The first kappa shape index (κ1) is 13.0. The number of ether oxygens (including phenoxy) is 2. The molecule has 6 heteroatoms. The van der Waals surface area contributed by atoms with Gasteiger partial charge in [-0.3, -0.25) is 0 Å². The van der Waals surface area contributed by atoms with Crippen molar-refractivity contribution in [2.45, 2.75) is 19.0 Å². The van der Waals surface area contributed by atoms with Crippen LogP contribution >= 0.6 is 0 Å². The Hall–Kier alpha value is -1.43. The van der Waals surface area contributed by atoms with Gasteiger partial charge in [0.05, 0.1) is 0 Å². The molecule has 0 aromatic heterocycles. The number of alkyl halides is 3. The molecule has 0 bridgehead atoms. The summed E-state index contributed by atoms with van der Waals surface area (Å²) < 4.78 is 48.9. The molecular formula is C12H14F3NO2. The first-order valence-electron chi connectivity index (χ1n) is 5.73. The van der Waals surface area contributed by atoms with Crippen molar-refractivity contribution in [1.82, 2.24) is 0 Å². The van der Waals surface area contributed by atoms with Gasteiger partial charge in [-0.05, 0) is 31.0 Å². The van der Waals surface area contributed by atoms with E-state index in [0.717, 1.165) is 6.07 Å². The lowest BCUT2D eigenvalue weighted by Crippen LogP contribution is -2.20. The Bertz CT molecular complexity index is 432. The highest BCUT2D eigenvalue weighted by Crippen LogP contribution is 2.44. The van der Waals surface area contributed by atoms with Gasteiger partial charge in [-0.2, -0.15) is 13.2 Å². The third-order valence-corrected chi connectivity index (χ3v) is 2.73. The molecule has 0 saturated carbocycles. The van der Waals surface area contributed by atoms with Gasteiger partial charge in [-0.25, -0.2) is 0 Å². The average molecular weight is 261 g/mol. The number of nitrogens with two attached hydrogens (primary N) is 1. The number of hydrogen-bond donors (Lipinski definition) is 1. The smallest absolute Gasteiger partial charge is 0.420 e. The fourth-order valence-electron chi connectivity index (χ4n) is 1.91. The van der Waals surface area contributed by atoms with E-state index < -0.39 is 11.7 Å². The molecule has 18 heavy (non-hydrogen) atoms. The van der Waals surface area contributed by atoms with Gasteiger partial charge in [-0.15, -0.1) is 0 Å². The van der Waals surface area contributed by atoms with E-state index in [2.05, 4.69) is 0 Å². The molecule has 3 nitrogen and oxygen atoms in total. The Morgan fingerprint density at radius 1 is 1.11 bits per heavy atom. The van der Waals surface area contributed by atoms with Gasteiger partial charge < -0.3 is 15.2 Å². The zero-order valence-electron chi connectivity index (χ0n) is 9.72. The molecule has 1 aliphatic heterocycles. The minimum atomic E-state index is -4.43. The standard InChI is InChI=1S/C12H14F3NO2/c13-12(14,15)9-4-3-8(2-1-5-16)10-11(9)18-7-6-17-10/h3-4H,1-2,5-7,16H2. The third kappa shape index (κ3) is 2.53. The minimum absolute atomic E-state index is 0.135. The number of rotatable bonds is 3. The van der Waals surface area contributed by atoms with Crippen LogP contribution in [0.25, 0.3) is 0 Å². The van der Waals surface area contributed by atoms with Crippen LogP contribution in [0.1, 0.15) is 17.5 Å². The molecule has 0 spiro atoms. The molecule has 1 aromatic rings. The molecule has 0 radical (unpaired) electrons. The number of halogens is 3. The van der Waals surface area contributed by atoms with Crippen LogP contribution in [0.15, 0.2) is 12.1 Å². The number of benzene rings is 1. The highest BCUT2D eigenvalue weighted by atomic mass is 19.4. The van der Waals surface area contributed by atoms with Crippen LogP contribution < -0.4 is 15.2 Å². The van der Waals surface area contributed by atoms with Crippen LogP contribution in [0.2, 0.25) is 0 Å². The van der Waals surface area contributed by atoms with Crippen molar-refractivity contribution < 1.29 is 22.6 Å². The summed E-state index contributed by atoms with van der Waals surface area (Å²) in [5.74, 6) is 0.0211. The first-order valence-corrected chi connectivity index (χ1v) is 5.73. The van der Waals surface area contributed by atoms with Crippen molar-refractivity contribution in [2.24, 2.45) is 5.73 Å². The monoisotopic (exact) mass is 261 g/mol. The molecule has 0 atom stereocenters. The van der Waals surface area contributed by atoms with Gasteiger partial charge in [0.2, 0.25) is 0 Å². The Labute approximate surface area is 103 Å². The molecule has 100 valence electrons. The van der Waals surface area contributed by atoms with Crippen LogP contribution in [0.4, 0.5) is 13.2 Å². The predicted molar refractivity (Wildman–Crippen MR) is 59.8 cm³/mol. The maximum absolute atomic E-state index is 12.8. The summed E-state index contributed by atoms with van der Waals surface area (Å²) in [4.78, 5) is 0. The number of fused-ring (bicyclic) bond motifs is 1. The van der Waals surface area contributed by atoms with Gasteiger partial charge in [0.25, 0.3) is 0 Å². The van der Waals surface area contributed by atoms with E-state index in [1.807, 2.05) is 0 Å². The van der Waals surface area contributed by atoms with Crippen LogP contribution in [0.3, 0.4) is 0 Å². The Morgan fingerprint density at radius 3 is 2.39 bits per heavy atom. The zero-order valence-corrected chi connectivity index (χ0v) is 9.72. The SMILES string of the molecule is NCCCc1ccc(C(F)(F)F)c2c1OCCO2. The van der Waals surface area contributed by atoms with E-state index in [1.54, 1.807) is 0 Å². The summed E-state index contributed by atoms with van der Waals surface area (Å²) in [6.45, 7) is 0.886. The first-order chi connectivity index (χ1) is 8.54. The second-order valence-electron chi connectivity index (χ2n) is 4.02. The van der Waals surface area contributed by atoms with Gasteiger partial charge in [-0.1, -0.05) is 6.07 Å². The molecule has 2 rings (SSSR count). The number of aryl methyl sites for hydroxylation is 1. The fourth-order valence-corrected chi connectivity index (χ4v) is 1.91. The lowest BCUT2D eigenvalue weighted by atomic mass is 10.0. The molecule has 0 fully saturated rings. The normalized spacial score (nSPS) is 14.7. The second-order valence-corrected chi connectivity index (χ2v) is 4.02. The molecule has 1 heterocycles. The Balaban J connectivity index is 2.42. The summed E-state index contributed by atoms with van der Waals surface area (Å²) in [5.41, 5.74) is 5.33. The quantitative estimate of drug-likeness (QED) is 0.908. The topological polar surface area (TPSA) is 44.5 Å². The molecule has 1 aliphatic rings. The van der Waals surface area contributed by atoms with Crippen molar-refractivity contribution >= 4 is 0 Å². The highest BCUT2D eigenvalue weighted by molar-refractivity contribution is 5.53. The van der Waals surface area contributed by atoms with E-state index in [9.17, 15) is 13.2 Å². The van der Waals surface area contributed by atoms with E-state index in [4.69, 9.17) is 15.2 Å². The molecule has 0 unspecified atom stereocenters. The van der Waals surface area contributed by atoms with Crippen molar-refractivity contribution in [1.29, 1.82) is 0 Å². The van der Waals surface area contributed by atoms with Crippen molar-refractivity contribution in [3.8, 4) is 11.5 Å². The van der Waals surface area contributed by atoms with Gasteiger partial charge >= 0.3 is 6.18 Å². The van der Waals surface area contributed by atoms with Crippen LogP contribution in [-0.2, 0) is 12.6 Å². The summed E-state index contributed by atoms with van der Waals surface area (Å²) in [7, 11) is 0. The lowest BCUT2D eigenvalue weighted by molar-refractivity contribution is -0.139. The van der Waals surface area contributed by atoms with E-state index in [1.165, 1.54) is 6.07 Å². The average Bonchev–Trinajstić information content (AvgIpc) is 2.34. The molecule has 0 saturated heterocycles. The van der Waals surface area contributed by atoms with Gasteiger partial charge in [0, 0.05) is 0 Å². The molecule has 1 aromatic carbocycles. The van der Waals surface area contributed by atoms with Crippen LogP contribution in [0, 0.1) is 0 Å². The lowest BCUT2D eigenvalue weighted by Gasteiger charge is -2.24. The second kappa shape index (κ2) is 5.06. The molecule has 0 aliphatic carbocycles. The fraction of sp³-hybridized carbons (Fsp3) is 0.500. The minimum Gasteiger partial charge on any atom is -0.486 e. The van der Waals surface area contributed by atoms with E-state index in [-0.39, 0.29) is 24.7 Å². The summed E-state index contributed by atoms with van der Waals surface area (Å²) in [6.07, 6.45) is -3.15. The maximum Gasteiger partial charge on any atom is 0.420 e. The Morgan fingerprint density at radius 2 is 1.78 bits per heavy atom. The molecular weight excluding hydrogens is 247 g/mol. The van der Waals surface area contributed by atoms with Crippen molar-refractivity contribution in [2.75, 3.05) is 19.8 Å². The molecule has 0 amide bonds. The zero-order chi connectivity index (χ0) is 13.2. The van der Waals surface area contributed by atoms with Gasteiger partial charge in [0.1, 0.15) is 18.8 Å². The van der Waals surface area contributed by atoms with Crippen molar-refractivity contribution in [3.05, 3.63) is 23.3 Å². The summed E-state index contributed by atoms with van der Waals surface area (Å²) in [5, 5.41) is 0.